The van der Waals surface area contributed by atoms with Gasteiger partial charge in [-0.1, -0.05) is 36.9 Å². The fraction of sp³-hybridized carbons (Fsp3) is 0.182. The third kappa shape index (κ3) is 2.14. The Morgan fingerprint density at radius 2 is 2.07 bits per heavy atom. The Morgan fingerprint density at radius 3 is 2.67 bits per heavy atom. The Hall–Kier alpha value is -1.04. The van der Waals surface area contributed by atoms with Gasteiger partial charge in [0, 0.05) is 3.58 Å². The van der Waals surface area contributed by atoms with Crippen LogP contribution in [0.4, 0.5) is 4.79 Å². The van der Waals surface area contributed by atoms with Crippen LogP contribution in [-0.4, -0.2) is 12.1 Å². The molecule has 2 rings (SSSR count). The number of cyclic esters (lactones) is 1. The minimum atomic E-state index is -0.383. The maximum atomic E-state index is 11.2. The molecule has 1 N–H and O–H groups in total. The first kappa shape index (κ1) is 10.5. The second kappa shape index (κ2) is 4.22. The molecule has 0 saturated carbocycles. The van der Waals surface area contributed by atoms with Gasteiger partial charge in [-0.05, 0) is 28.2 Å². The normalized spacial score (nSPS) is 24.5. The lowest BCUT2D eigenvalue weighted by atomic mass is 10.0. The summed E-state index contributed by atoms with van der Waals surface area (Å²) in [6, 6.07) is 9.53. The second-order valence-corrected chi connectivity index (χ2v) is 4.69. The van der Waals surface area contributed by atoms with Crippen molar-refractivity contribution < 1.29 is 9.53 Å². The van der Waals surface area contributed by atoms with Crippen molar-refractivity contribution in [3.63, 3.8) is 0 Å². The monoisotopic (exact) mass is 315 g/mol. The maximum Gasteiger partial charge on any atom is 0.408 e. The van der Waals surface area contributed by atoms with Crippen molar-refractivity contribution in [2.75, 3.05) is 0 Å². The highest BCUT2D eigenvalue weighted by atomic mass is 127. The molecule has 1 aromatic rings. The molecule has 1 saturated heterocycles. The largest absolute Gasteiger partial charge is 0.439 e. The molecule has 1 fully saturated rings. The number of halogens is 1. The van der Waals surface area contributed by atoms with Gasteiger partial charge in [0.25, 0.3) is 0 Å². The smallest absolute Gasteiger partial charge is 0.408 e. The van der Waals surface area contributed by atoms with Gasteiger partial charge in [-0.2, -0.15) is 0 Å². The molecule has 1 aliphatic heterocycles. The topological polar surface area (TPSA) is 38.3 Å². The first-order valence-corrected chi connectivity index (χ1v) is 5.63. The fourth-order valence-electron chi connectivity index (χ4n) is 1.57. The zero-order chi connectivity index (χ0) is 10.8. The number of carbonyl (C=O) groups excluding carboxylic acids is 1. The molecule has 2 atom stereocenters. The van der Waals surface area contributed by atoms with Gasteiger partial charge in [0.05, 0.1) is 0 Å². The number of ether oxygens (including phenoxy) is 1. The van der Waals surface area contributed by atoms with E-state index >= 15 is 0 Å². The first-order valence-electron chi connectivity index (χ1n) is 4.55. The van der Waals surface area contributed by atoms with Gasteiger partial charge in [0.2, 0.25) is 0 Å². The average molecular weight is 315 g/mol. The summed E-state index contributed by atoms with van der Waals surface area (Å²) in [4.78, 5) is 11.2. The molecular weight excluding hydrogens is 305 g/mol. The quantitative estimate of drug-likeness (QED) is 0.852. The van der Waals surface area contributed by atoms with Crippen LogP contribution in [0.2, 0.25) is 0 Å². The number of hydrogen-bond donors (Lipinski definition) is 1. The Labute approximate surface area is 102 Å². The van der Waals surface area contributed by atoms with Crippen molar-refractivity contribution in [3.8, 4) is 0 Å². The highest BCUT2D eigenvalue weighted by molar-refractivity contribution is 14.1. The Balaban J connectivity index is 2.28. The molecule has 1 amide bonds. The van der Waals surface area contributed by atoms with Crippen molar-refractivity contribution in [2.24, 2.45) is 0 Å². The van der Waals surface area contributed by atoms with Crippen molar-refractivity contribution in [2.45, 2.75) is 12.1 Å². The number of carbonyl (C=O) groups is 1. The highest BCUT2D eigenvalue weighted by Gasteiger charge is 2.36. The molecule has 0 aromatic heterocycles. The lowest BCUT2D eigenvalue weighted by Gasteiger charge is -2.15. The molecular formula is C11H10INO2. The Kier molecular flexibility index (Phi) is 2.95. The van der Waals surface area contributed by atoms with Gasteiger partial charge in [0.15, 0.2) is 6.10 Å². The van der Waals surface area contributed by atoms with Crippen molar-refractivity contribution in [3.05, 3.63) is 46.1 Å². The van der Waals surface area contributed by atoms with Gasteiger partial charge in [-0.15, -0.1) is 0 Å². The number of nitrogens with one attached hydrogen (secondary N) is 1. The predicted octanol–water partition coefficient (Wildman–Crippen LogP) is 2.78. The van der Waals surface area contributed by atoms with Crippen molar-refractivity contribution >= 4 is 28.7 Å². The van der Waals surface area contributed by atoms with Gasteiger partial charge in [-0.25, -0.2) is 4.79 Å². The van der Waals surface area contributed by atoms with E-state index in [1.54, 1.807) is 0 Å². The minimum Gasteiger partial charge on any atom is -0.439 e. The van der Waals surface area contributed by atoms with E-state index in [-0.39, 0.29) is 18.2 Å². The minimum absolute atomic E-state index is 0.138. The van der Waals surface area contributed by atoms with Gasteiger partial charge in [0.1, 0.15) is 6.04 Å². The van der Waals surface area contributed by atoms with Crippen molar-refractivity contribution in [1.82, 2.24) is 5.32 Å². The number of amides is 1. The van der Waals surface area contributed by atoms with E-state index in [2.05, 4.69) is 34.5 Å². The third-order valence-electron chi connectivity index (χ3n) is 2.28. The van der Waals surface area contributed by atoms with Gasteiger partial charge < -0.3 is 10.1 Å². The number of rotatable bonds is 2. The van der Waals surface area contributed by atoms with E-state index in [1.165, 1.54) is 0 Å². The van der Waals surface area contributed by atoms with Crippen LogP contribution in [0.5, 0.6) is 0 Å². The maximum absolute atomic E-state index is 11.2. The first-order chi connectivity index (χ1) is 7.18. The molecule has 0 unspecified atom stereocenters. The summed E-state index contributed by atoms with van der Waals surface area (Å²) in [6.45, 7) is 3.84. The predicted molar refractivity (Wildman–Crippen MR) is 65.7 cm³/mol. The molecule has 0 spiro atoms. The summed E-state index contributed by atoms with van der Waals surface area (Å²) >= 11 is 2.11. The number of hydrogen-bond acceptors (Lipinski definition) is 2. The van der Waals surface area contributed by atoms with Crippen LogP contribution in [0.15, 0.2) is 40.5 Å². The SMILES string of the molecule is C=C(I)[C@@H]1NC(=O)O[C@H]1c1ccccc1. The zero-order valence-electron chi connectivity index (χ0n) is 7.94. The molecule has 15 heavy (non-hydrogen) atoms. The highest BCUT2D eigenvalue weighted by Crippen LogP contribution is 2.31. The molecule has 0 radical (unpaired) electrons. The van der Waals surface area contributed by atoms with Crippen LogP contribution in [0.1, 0.15) is 11.7 Å². The summed E-state index contributed by atoms with van der Waals surface area (Å²) in [7, 11) is 0. The molecule has 0 bridgehead atoms. The van der Waals surface area contributed by atoms with E-state index in [9.17, 15) is 4.79 Å². The molecule has 0 aliphatic carbocycles. The van der Waals surface area contributed by atoms with E-state index in [1.807, 2.05) is 30.3 Å². The molecule has 3 nitrogen and oxygen atoms in total. The van der Waals surface area contributed by atoms with Crippen LogP contribution >= 0.6 is 22.6 Å². The third-order valence-corrected chi connectivity index (χ3v) is 2.95. The lowest BCUT2D eigenvalue weighted by Crippen LogP contribution is -2.27. The van der Waals surface area contributed by atoms with Crippen LogP contribution in [0.25, 0.3) is 0 Å². The summed E-state index contributed by atoms with van der Waals surface area (Å²) in [5.41, 5.74) is 0.985. The zero-order valence-corrected chi connectivity index (χ0v) is 10.1. The second-order valence-electron chi connectivity index (χ2n) is 3.31. The number of alkyl carbamates (subject to hydrolysis) is 1. The van der Waals surface area contributed by atoms with Gasteiger partial charge >= 0.3 is 6.09 Å². The number of benzene rings is 1. The molecule has 1 aromatic carbocycles. The van der Waals surface area contributed by atoms with Gasteiger partial charge in [-0.3, -0.25) is 0 Å². The molecule has 4 heteroatoms. The van der Waals surface area contributed by atoms with Crippen LogP contribution < -0.4 is 5.32 Å². The van der Waals surface area contributed by atoms with E-state index < -0.39 is 0 Å². The van der Waals surface area contributed by atoms with Crippen LogP contribution in [0.3, 0.4) is 0 Å². The molecule has 1 heterocycles. The standard InChI is InChI=1S/C11H10INO2/c1-7(12)9-10(15-11(14)13-9)8-5-3-2-4-6-8/h2-6,9-10H,1H2,(H,13,14)/t9-,10-/m0/s1. The fourth-order valence-corrected chi connectivity index (χ4v) is 2.05. The summed E-state index contributed by atoms with van der Waals surface area (Å²) in [5, 5.41) is 2.73. The van der Waals surface area contributed by atoms with Crippen LogP contribution in [0, 0.1) is 0 Å². The van der Waals surface area contributed by atoms with Crippen molar-refractivity contribution in [1.29, 1.82) is 0 Å². The molecule has 1 aliphatic rings. The van der Waals surface area contributed by atoms with E-state index in [4.69, 9.17) is 4.74 Å². The average Bonchev–Trinajstić information content (AvgIpc) is 2.62. The Bertz CT molecular complexity index is 391. The Morgan fingerprint density at radius 1 is 1.40 bits per heavy atom. The van der Waals surface area contributed by atoms with E-state index in [0.29, 0.717) is 0 Å². The molecule has 78 valence electrons. The van der Waals surface area contributed by atoms with Crippen LogP contribution in [-0.2, 0) is 4.74 Å². The summed E-state index contributed by atoms with van der Waals surface area (Å²) < 4.78 is 6.07. The summed E-state index contributed by atoms with van der Waals surface area (Å²) in [5.74, 6) is 0. The summed E-state index contributed by atoms with van der Waals surface area (Å²) in [6.07, 6.45) is -0.644. The van der Waals surface area contributed by atoms with E-state index in [0.717, 1.165) is 9.14 Å². The lowest BCUT2D eigenvalue weighted by molar-refractivity contribution is 0.136.